The highest BCUT2D eigenvalue weighted by Crippen LogP contribution is 2.27. The lowest BCUT2D eigenvalue weighted by atomic mass is 10.00. The molecule has 0 radical (unpaired) electrons. The second-order valence-electron chi connectivity index (χ2n) is 5.28. The Morgan fingerprint density at radius 1 is 1.55 bits per heavy atom. The van der Waals surface area contributed by atoms with Gasteiger partial charge >= 0.3 is 0 Å². The van der Waals surface area contributed by atoms with Crippen molar-refractivity contribution in [1.82, 2.24) is 10.3 Å². The number of nitrogens with one attached hydrogen (secondary N) is 1. The second kappa shape index (κ2) is 8.22. The van der Waals surface area contributed by atoms with Crippen molar-refractivity contribution in [2.24, 2.45) is 0 Å². The van der Waals surface area contributed by atoms with Crippen LogP contribution in [0.25, 0.3) is 0 Å². The van der Waals surface area contributed by atoms with Crippen molar-refractivity contribution in [3.05, 3.63) is 23.9 Å². The number of hydrogen-bond donors (Lipinski definition) is 1. The summed E-state index contributed by atoms with van der Waals surface area (Å²) in [4.78, 5) is 4.30. The van der Waals surface area contributed by atoms with Crippen LogP contribution >= 0.6 is 0 Å². The number of ether oxygens (including phenoxy) is 2. The maximum absolute atomic E-state index is 5.69. The summed E-state index contributed by atoms with van der Waals surface area (Å²) in [6.07, 6.45) is 8.12. The predicted molar refractivity (Wildman–Crippen MR) is 80.0 cm³/mol. The molecule has 2 atom stereocenters. The van der Waals surface area contributed by atoms with Crippen LogP contribution in [0.4, 0.5) is 0 Å². The molecular weight excluding hydrogens is 252 g/mol. The van der Waals surface area contributed by atoms with Gasteiger partial charge in [0.1, 0.15) is 0 Å². The minimum Gasteiger partial charge on any atom is -0.481 e. The molecule has 1 saturated heterocycles. The third-order valence-corrected chi connectivity index (χ3v) is 3.86. The molecule has 0 spiro atoms. The van der Waals surface area contributed by atoms with Crippen molar-refractivity contribution in [3.8, 4) is 5.88 Å². The minimum absolute atomic E-state index is 0.310. The van der Waals surface area contributed by atoms with E-state index in [9.17, 15) is 0 Å². The largest absolute Gasteiger partial charge is 0.481 e. The Morgan fingerprint density at radius 2 is 2.45 bits per heavy atom. The van der Waals surface area contributed by atoms with Crippen molar-refractivity contribution < 1.29 is 9.47 Å². The topological polar surface area (TPSA) is 43.4 Å². The first kappa shape index (κ1) is 15.3. The van der Waals surface area contributed by atoms with Crippen LogP contribution in [-0.2, 0) is 4.74 Å². The van der Waals surface area contributed by atoms with Crippen LogP contribution < -0.4 is 10.1 Å². The third kappa shape index (κ3) is 4.18. The van der Waals surface area contributed by atoms with Crippen molar-refractivity contribution in [1.29, 1.82) is 0 Å². The molecular formula is C16H26N2O2. The highest BCUT2D eigenvalue weighted by atomic mass is 16.5. The molecule has 2 unspecified atom stereocenters. The molecule has 0 aliphatic carbocycles. The average Bonchev–Trinajstić information content (AvgIpc) is 2.99. The number of methoxy groups -OCH3 is 1. The molecule has 0 amide bonds. The fourth-order valence-electron chi connectivity index (χ4n) is 2.87. The zero-order valence-electron chi connectivity index (χ0n) is 12.6. The Hall–Kier alpha value is -1.13. The summed E-state index contributed by atoms with van der Waals surface area (Å²) in [6, 6.07) is 4.39. The summed E-state index contributed by atoms with van der Waals surface area (Å²) in [5.41, 5.74) is 1.16. The van der Waals surface area contributed by atoms with Crippen LogP contribution in [0.15, 0.2) is 18.3 Å². The summed E-state index contributed by atoms with van der Waals surface area (Å²) in [7, 11) is 1.68. The van der Waals surface area contributed by atoms with Gasteiger partial charge < -0.3 is 14.8 Å². The number of rotatable bonds is 8. The Balaban J connectivity index is 1.91. The highest BCUT2D eigenvalue weighted by molar-refractivity contribution is 5.28. The average molecular weight is 278 g/mol. The van der Waals surface area contributed by atoms with E-state index >= 15 is 0 Å². The van der Waals surface area contributed by atoms with Gasteiger partial charge in [0.2, 0.25) is 5.88 Å². The molecule has 0 aromatic carbocycles. The predicted octanol–water partition coefficient (Wildman–Crippen LogP) is 3.09. The molecule has 2 rings (SSSR count). The van der Waals surface area contributed by atoms with Gasteiger partial charge in [0.05, 0.1) is 13.2 Å². The van der Waals surface area contributed by atoms with E-state index in [1.165, 1.54) is 19.3 Å². The van der Waals surface area contributed by atoms with Gasteiger partial charge in [0.25, 0.3) is 0 Å². The molecule has 4 heteroatoms. The van der Waals surface area contributed by atoms with Gasteiger partial charge in [0.15, 0.2) is 0 Å². The summed E-state index contributed by atoms with van der Waals surface area (Å²) in [5, 5.41) is 3.54. The van der Waals surface area contributed by atoms with Gasteiger partial charge in [-0.2, -0.15) is 0 Å². The van der Waals surface area contributed by atoms with Crippen LogP contribution in [0.2, 0.25) is 0 Å². The first-order valence-corrected chi connectivity index (χ1v) is 7.69. The Labute approximate surface area is 121 Å². The van der Waals surface area contributed by atoms with Gasteiger partial charge in [-0.05, 0) is 44.7 Å². The smallest absolute Gasteiger partial charge is 0.217 e. The van der Waals surface area contributed by atoms with E-state index in [4.69, 9.17) is 9.47 Å². The lowest BCUT2D eigenvalue weighted by Gasteiger charge is -2.20. The standard InChI is InChI=1S/C16H26N2O2/c1-3-17-15(10-4-7-13-8-6-12-20-13)14-9-5-11-18-16(14)19-2/h5,9,11,13,15,17H,3-4,6-8,10,12H2,1-2H3. The van der Waals surface area contributed by atoms with Crippen molar-refractivity contribution >= 4 is 0 Å². The zero-order chi connectivity index (χ0) is 14.2. The van der Waals surface area contributed by atoms with Gasteiger partial charge in [-0.15, -0.1) is 0 Å². The summed E-state index contributed by atoms with van der Waals surface area (Å²) >= 11 is 0. The van der Waals surface area contributed by atoms with E-state index in [-0.39, 0.29) is 0 Å². The van der Waals surface area contributed by atoms with Crippen molar-refractivity contribution in [2.75, 3.05) is 20.3 Å². The fourth-order valence-corrected chi connectivity index (χ4v) is 2.87. The van der Waals surface area contributed by atoms with Gasteiger partial charge in [-0.1, -0.05) is 13.0 Å². The monoisotopic (exact) mass is 278 g/mol. The molecule has 1 aliphatic heterocycles. The summed E-state index contributed by atoms with van der Waals surface area (Å²) in [6.45, 7) is 4.02. The Morgan fingerprint density at radius 3 is 3.15 bits per heavy atom. The van der Waals surface area contributed by atoms with Gasteiger partial charge in [0, 0.05) is 24.4 Å². The quantitative estimate of drug-likeness (QED) is 0.793. The maximum Gasteiger partial charge on any atom is 0.217 e. The number of hydrogen-bond acceptors (Lipinski definition) is 4. The van der Waals surface area contributed by atoms with Gasteiger partial charge in [-0.25, -0.2) is 4.98 Å². The molecule has 0 saturated carbocycles. The molecule has 1 N–H and O–H groups in total. The number of nitrogens with zero attached hydrogens (tertiary/aromatic N) is 1. The van der Waals surface area contributed by atoms with Crippen LogP contribution in [0.5, 0.6) is 5.88 Å². The summed E-state index contributed by atoms with van der Waals surface area (Å²) in [5.74, 6) is 0.732. The van der Waals surface area contributed by atoms with E-state index in [1.807, 2.05) is 6.07 Å². The molecule has 1 aromatic rings. The zero-order valence-corrected chi connectivity index (χ0v) is 12.6. The Bertz CT molecular complexity index is 392. The fraction of sp³-hybridized carbons (Fsp3) is 0.688. The molecule has 0 bridgehead atoms. The van der Waals surface area contributed by atoms with E-state index < -0.39 is 0 Å². The lowest BCUT2D eigenvalue weighted by molar-refractivity contribution is 0.101. The van der Waals surface area contributed by atoms with Crippen molar-refractivity contribution in [2.45, 2.75) is 51.2 Å². The molecule has 20 heavy (non-hydrogen) atoms. The van der Waals surface area contributed by atoms with Crippen LogP contribution in [0, 0.1) is 0 Å². The molecule has 1 fully saturated rings. The maximum atomic E-state index is 5.69. The van der Waals surface area contributed by atoms with Crippen LogP contribution in [0.1, 0.15) is 50.6 Å². The minimum atomic E-state index is 0.310. The SMILES string of the molecule is CCNC(CCCC1CCCO1)c1cccnc1OC. The molecule has 4 nitrogen and oxygen atoms in total. The molecule has 1 aromatic heterocycles. The highest BCUT2D eigenvalue weighted by Gasteiger charge is 2.18. The van der Waals surface area contributed by atoms with Crippen LogP contribution in [-0.4, -0.2) is 31.3 Å². The van der Waals surface area contributed by atoms with Crippen molar-refractivity contribution in [3.63, 3.8) is 0 Å². The van der Waals surface area contributed by atoms with E-state index in [2.05, 4.69) is 23.3 Å². The molecule has 2 heterocycles. The Kier molecular flexibility index (Phi) is 6.27. The first-order valence-electron chi connectivity index (χ1n) is 7.69. The summed E-state index contributed by atoms with van der Waals surface area (Å²) < 4.78 is 11.1. The molecule has 1 aliphatic rings. The number of pyridine rings is 1. The molecule has 112 valence electrons. The third-order valence-electron chi connectivity index (χ3n) is 3.86. The lowest BCUT2D eigenvalue weighted by Crippen LogP contribution is -2.22. The van der Waals surface area contributed by atoms with E-state index in [0.29, 0.717) is 12.1 Å². The first-order chi connectivity index (χ1) is 9.85. The van der Waals surface area contributed by atoms with Gasteiger partial charge in [-0.3, -0.25) is 0 Å². The normalized spacial score (nSPS) is 20.0. The second-order valence-corrected chi connectivity index (χ2v) is 5.28. The number of aromatic nitrogens is 1. The van der Waals surface area contributed by atoms with E-state index in [0.717, 1.165) is 37.4 Å². The van der Waals surface area contributed by atoms with E-state index in [1.54, 1.807) is 13.3 Å². The van der Waals surface area contributed by atoms with Crippen LogP contribution in [0.3, 0.4) is 0 Å².